The lowest BCUT2D eigenvalue weighted by atomic mass is 10.0. The molecule has 2 aromatic carbocycles. The number of ketones is 1. The molecule has 0 bridgehead atoms. The van der Waals surface area contributed by atoms with Crippen molar-refractivity contribution in [2.24, 2.45) is 0 Å². The van der Waals surface area contributed by atoms with Crippen LogP contribution < -0.4 is 10.1 Å². The molecule has 2 N–H and O–H groups in total. The minimum absolute atomic E-state index is 0.0258. The molecule has 0 spiro atoms. The highest BCUT2D eigenvalue weighted by Gasteiger charge is 2.31. The van der Waals surface area contributed by atoms with Crippen LogP contribution in [0.25, 0.3) is 0 Å². The summed E-state index contributed by atoms with van der Waals surface area (Å²) in [6.45, 7) is 2.15. The molecular formula is C28H38N2O8S. The summed E-state index contributed by atoms with van der Waals surface area (Å²) in [7, 11) is -2.51. The first kappa shape index (κ1) is 30.6. The van der Waals surface area contributed by atoms with Gasteiger partial charge in [-0.3, -0.25) is 0 Å². The number of carbonyl (C=O) groups is 2. The predicted octanol–water partition coefficient (Wildman–Crippen LogP) is 2.93. The normalized spacial score (nSPS) is 17.0. The lowest BCUT2D eigenvalue weighted by molar-refractivity contribution is -0.117. The van der Waals surface area contributed by atoms with Crippen molar-refractivity contribution in [3.8, 4) is 5.75 Å². The van der Waals surface area contributed by atoms with Crippen LogP contribution >= 0.6 is 0 Å². The molecule has 214 valence electrons. The zero-order valence-electron chi connectivity index (χ0n) is 22.5. The Balaban J connectivity index is 1.80. The second-order valence-corrected chi connectivity index (χ2v) is 11.5. The lowest BCUT2D eigenvalue weighted by Gasteiger charge is -2.30. The topological polar surface area (TPSA) is 131 Å². The number of hydrogen-bond acceptors (Lipinski definition) is 8. The van der Waals surface area contributed by atoms with Crippen molar-refractivity contribution in [2.75, 3.05) is 33.4 Å². The number of unbranched alkanes of at least 4 members (excludes halogenated alkanes) is 1. The van der Waals surface area contributed by atoms with E-state index in [0.717, 1.165) is 5.56 Å². The van der Waals surface area contributed by atoms with Crippen LogP contribution in [0.4, 0.5) is 4.79 Å². The van der Waals surface area contributed by atoms with Crippen LogP contribution in [0.15, 0.2) is 59.5 Å². The number of aliphatic hydroxyl groups is 1. The van der Waals surface area contributed by atoms with Gasteiger partial charge >= 0.3 is 6.09 Å². The SMILES string of the molecule is COc1ccc(S(=O)(=O)N(CCCCC(C)=O)CC(O)[C@H](Cc2ccccc2)NC(=O)OC2CCOC2)cc1. The Kier molecular flexibility index (Phi) is 11.7. The molecule has 0 aliphatic carbocycles. The number of carbonyl (C=O) groups excluding carboxylic acids is 2. The summed E-state index contributed by atoms with van der Waals surface area (Å²) >= 11 is 0. The molecule has 11 heteroatoms. The van der Waals surface area contributed by atoms with Gasteiger partial charge in [0, 0.05) is 25.9 Å². The van der Waals surface area contributed by atoms with Crippen LogP contribution in [-0.4, -0.2) is 81.4 Å². The van der Waals surface area contributed by atoms with Gasteiger partial charge in [0.2, 0.25) is 10.0 Å². The van der Waals surface area contributed by atoms with Crippen molar-refractivity contribution in [3.63, 3.8) is 0 Å². The zero-order valence-corrected chi connectivity index (χ0v) is 23.3. The molecule has 1 saturated heterocycles. The summed E-state index contributed by atoms with van der Waals surface area (Å²) in [5.41, 5.74) is 0.858. The molecule has 39 heavy (non-hydrogen) atoms. The average molecular weight is 563 g/mol. The maximum Gasteiger partial charge on any atom is 0.407 e. The van der Waals surface area contributed by atoms with Gasteiger partial charge in [0.15, 0.2) is 0 Å². The lowest BCUT2D eigenvalue weighted by Crippen LogP contribution is -2.51. The highest BCUT2D eigenvalue weighted by Crippen LogP contribution is 2.21. The number of amides is 1. The van der Waals surface area contributed by atoms with Crippen molar-refractivity contribution in [3.05, 3.63) is 60.2 Å². The minimum Gasteiger partial charge on any atom is -0.497 e. The van der Waals surface area contributed by atoms with Crippen molar-refractivity contribution in [2.45, 2.75) is 62.2 Å². The predicted molar refractivity (Wildman–Crippen MR) is 145 cm³/mol. The number of aliphatic hydroxyl groups excluding tert-OH is 1. The number of methoxy groups -OCH3 is 1. The number of sulfonamides is 1. The molecule has 2 unspecified atom stereocenters. The summed E-state index contributed by atoms with van der Waals surface area (Å²) in [5, 5.41) is 14.0. The third-order valence-electron chi connectivity index (χ3n) is 6.50. The molecule has 0 saturated carbocycles. The Bertz CT molecular complexity index is 1150. The number of benzene rings is 2. The van der Waals surface area contributed by atoms with Crippen LogP contribution in [0.1, 0.15) is 38.2 Å². The quantitative estimate of drug-likeness (QED) is 0.317. The summed E-state index contributed by atoms with van der Waals surface area (Å²) in [6.07, 6.45) is -0.174. The van der Waals surface area contributed by atoms with Gasteiger partial charge < -0.3 is 29.4 Å². The maximum absolute atomic E-state index is 13.6. The van der Waals surface area contributed by atoms with Gasteiger partial charge in [-0.05, 0) is 56.0 Å². The number of alkyl carbamates (subject to hydrolysis) is 1. The van der Waals surface area contributed by atoms with E-state index in [1.54, 1.807) is 12.1 Å². The first-order valence-corrected chi connectivity index (χ1v) is 14.5. The molecule has 3 atom stereocenters. The Morgan fingerprint density at radius 2 is 1.85 bits per heavy atom. The third-order valence-corrected chi connectivity index (χ3v) is 8.38. The molecule has 1 amide bonds. The van der Waals surface area contributed by atoms with Crippen molar-refractivity contribution >= 4 is 21.9 Å². The number of nitrogens with one attached hydrogen (secondary N) is 1. The van der Waals surface area contributed by atoms with E-state index in [-0.39, 0.29) is 36.3 Å². The van der Waals surface area contributed by atoms with E-state index < -0.39 is 28.3 Å². The second-order valence-electron chi connectivity index (χ2n) is 9.60. The summed E-state index contributed by atoms with van der Waals surface area (Å²) in [6, 6.07) is 14.5. The van der Waals surface area contributed by atoms with Gasteiger partial charge in [0.05, 0.1) is 37.4 Å². The number of rotatable bonds is 15. The maximum atomic E-state index is 13.6. The second kappa shape index (κ2) is 15.0. The van der Waals surface area contributed by atoms with E-state index >= 15 is 0 Å². The summed E-state index contributed by atoms with van der Waals surface area (Å²) < 4.78 is 44.3. The largest absolute Gasteiger partial charge is 0.497 e. The number of hydrogen-bond donors (Lipinski definition) is 2. The highest BCUT2D eigenvalue weighted by molar-refractivity contribution is 7.89. The molecular weight excluding hydrogens is 524 g/mol. The van der Waals surface area contributed by atoms with Gasteiger partial charge in [-0.15, -0.1) is 0 Å². The third kappa shape index (κ3) is 9.61. The smallest absolute Gasteiger partial charge is 0.407 e. The van der Waals surface area contributed by atoms with E-state index in [9.17, 15) is 23.1 Å². The Morgan fingerprint density at radius 3 is 2.46 bits per heavy atom. The van der Waals surface area contributed by atoms with Gasteiger partial charge in [0.1, 0.15) is 17.6 Å². The van der Waals surface area contributed by atoms with E-state index in [1.165, 1.54) is 30.5 Å². The van der Waals surface area contributed by atoms with Crippen LogP contribution in [0.5, 0.6) is 5.75 Å². The van der Waals surface area contributed by atoms with Crippen LogP contribution in [0.2, 0.25) is 0 Å². The van der Waals surface area contributed by atoms with Crippen LogP contribution in [0.3, 0.4) is 0 Å². The van der Waals surface area contributed by atoms with Gasteiger partial charge in [-0.25, -0.2) is 13.2 Å². The van der Waals surface area contributed by atoms with Crippen molar-refractivity contribution in [1.82, 2.24) is 9.62 Å². The van der Waals surface area contributed by atoms with Crippen LogP contribution in [-0.2, 0) is 30.7 Å². The molecule has 0 radical (unpaired) electrons. The van der Waals surface area contributed by atoms with E-state index in [1.807, 2.05) is 30.3 Å². The standard InChI is InChI=1S/C28H38N2O8S/c1-21(31)8-6-7-16-30(39(34,35)25-13-11-23(36-2)12-14-25)19-27(32)26(18-22-9-4-3-5-10-22)29-28(33)38-24-15-17-37-20-24/h3-5,9-14,24,26-27,32H,6-8,15-20H2,1-2H3,(H,29,33)/t24?,26-,27?/m0/s1. The van der Waals surface area contributed by atoms with Crippen LogP contribution in [0, 0.1) is 0 Å². The van der Waals surface area contributed by atoms with E-state index in [4.69, 9.17) is 14.2 Å². The minimum atomic E-state index is -4.00. The number of ether oxygens (including phenoxy) is 3. The molecule has 1 aliphatic heterocycles. The van der Waals surface area contributed by atoms with E-state index in [0.29, 0.717) is 44.6 Å². The molecule has 1 heterocycles. The molecule has 3 rings (SSSR count). The fraction of sp³-hybridized carbons (Fsp3) is 0.500. The van der Waals surface area contributed by atoms with Gasteiger partial charge in [-0.1, -0.05) is 30.3 Å². The Hall–Kier alpha value is -2.99. The fourth-order valence-corrected chi connectivity index (χ4v) is 5.79. The molecule has 1 fully saturated rings. The first-order valence-electron chi connectivity index (χ1n) is 13.1. The monoisotopic (exact) mass is 562 g/mol. The average Bonchev–Trinajstić information content (AvgIpc) is 3.43. The van der Waals surface area contributed by atoms with Gasteiger partial charge in [-0.2, -0.15) is 4.31 Å². The zero-order chi connectivity index (χ0) is 28.3. The summed E-state index contributed by atoms with van der Waals surface area (Å²) in [4.78, 5) is 24.1. The summed E-state index contributed by atoms with van der Waals surface area (Å²) in [5.74, 6) is 0.540. The van der Waals surface area contributed by atoms with Crippen molar-refractivity contribution in [1.29, 1.82) is 0 Å². The molecule has 10 nitrogen and oxygen atoms in total. The Labute approximate surface area is 230 Å². The highest BCUT2D eigenvalue weighted by atomic mass is 32.2. The molecule has 1 aliphatic rings. The fourth-order valence-electron chi connectivity index (χ4n) is 4.30. The Morgan fingerprint density at radius 1 is 1.13 bits per heavy atom. The molecule has 2 aromatic rings. The number of Topliss-reactive ketones (excluding diaryl/α,β-unsaturated/α-hetero) is 1. The van der Waals surface area contributed by atoms with Crippen molar-refractivity contribution < 1.29 is 37.3 Å². The first-order chi connectivity index (χ1) is 18.7. The van der Waals surface area contributed by atoms with E-state index in [2.05, 4.69) is 5.32 Å². The van der Waals surface area contributed by atoms with Gasteiger partial charge in [0.25, 0.3) is 0 Å². The molecule has 0 aromatic heterocycles. The number of nitrogens with zero attached hydrogens (tertiary/aromatic N) is 1.